The standard InChI is InChI=1S/C17H19NO4/c1-18-8-7-17(11-18)10-14(19)13-9-12(3-5-15(13)22-17)4-6-16(20)21-2/h3-6,9H,7-8,10-11H2,1-2H3/b6-4+. The number of Topliss-reactive ketones (excluding diaryl/α,β-unsaturated/α-hetero) is 1. The van der Waals surface area contributed by atoms with Crippen LogP contribution in [0.2, 0.25) is 0 Å². The van der Waals surface area contributed by atoms with Crippen molar-refractivity contribution in [3.05, 3.63) is 35.4 Å². The van der Waals surface area contributed by atoms with E-state index in [4.69, 9.17) is 4.74 Å². The minimum atomic E-state index is -0.423. The van der Waals surface area contributed by atoms with Crippen LogP contribution in [0.15, 0.2) is 24.3 Å². The number of esters is 1. The van der Waals surface area contributed by atoms with Gasteiger partial charge in [0.25, 0.3) is 0 Å². The number of nitrogens with zero attached hydrogens (tertiary/aromatic N) is 1. The van der Waals surface area contributed by atoms with Crippen LogP contribution in [0, 0.1) is 0 Å². The molecule has 1 spiro atoms. The van der Waals surface area contributed by atoms with Crippen molar-refractivity contribution in [3.8, 4) is 5.75 Å². The van der Waals surface area contributed by atoms with E-state index in [1.807, 2.05) is 19.2 Å². The fourth-order valence-electron chi connectivity index (χ4n) is 3.12. The Morgan fingerprint density at radius 1 is 1.45 bits per heavy atom. The van der Waals surface area contributed by atoms with E-state index in [1.165, 1.54) is 13.2 Å². The van der Waals surface area contributed by atoms with Gasteiger partial charge in [-0.2, -0.15) is 0 Å². The number of benzene rings is 1. The van der Waals surface area contributed by atoms with Crippen LogP contribution >= 0.6 is 0 Å². The van der Waals surface area contributed by atoms with Gasteiger partial charge >= 0.3 is 5.97 Å². The zero-order chi connectivity index (χ0) is 15.7. The monoisotopic (exact) mass is 301 g/mol. The minimum Gasteiger partial charge on any atom is -0.485 e. The van der Waals surface area contributed by atoms with Crippen LogP contribution in [0.25, 0.3) is 6.08 Å². The van der Waals surface area contributed by atoms with Crippen molar-refractivity contribution in [1.82, 2.24) is 4.90 Å². The smallest absolute Gasteiger partial charge is 0.330 e. The SMILES string of the molecule is COC(=O)/C=C/c1ccc2c(c1)C(=O)CC1(CCN(C)C1)O2. The molecule has 0 aromatic heterocycles. The molecular formula is C17H19NO4. The second-order valence-electron chi connectivity index (χ2n) is 5.98. The summed E-state index contributed by atoms with van der Waals surface area (Å²) in [7, 11) is 3.37. The van der Waals surface area contributed by atoms with Gasteiger partial charge in [0.2, 0.25) is 0 Å². The van der Waals surface area contributed by atoms with Crippen LogP contribution in [0.3, 0.4) is 0 Å². The predicted octanol–water partition coefficient (Wildman–Crippen LogP) is 1.91. The molecule has 2 heterocycles. The third-order valence-corrected chi connectivity index (χ3v) is 4.23. The maximum absolute atomic E-state index is 12.5. The Kier molecular flexibility index (Phi) is 3.74. The Morgan fingerprint density at radius 2 is 2.27 bits per heavy atom. The Balaban J connectivity index is 1.85. The molecule has 116 valence electrons. The van der Waals surface area contributed by atoms with Gasteiger partial charge in [0, 0.05) is 25.6 Å². The van der Waals surface area contributed by atoms with Crippen LogP contribution in [0.1, 0.15) is 28.8 Å². The molecule has 2 aliphatic heterocycles. The van der Waals surface area contributed by atoms with E-state index in [2.05, 4.69) is 9.64 Å². The lowest BCUT2D eigenvalue weighted by molar-refractivity contribution is -0.134. The number of fused-ring (bicyclic) bond motifs is 1. The zero-order valence-corrected chi connectivity index (χ0v) is 12.8. The summed E-state index contributed by atoms with van der Waals surface area (Å²) in [4.78, 5) is 25.8. The van der Waals surface area contributed by atoms with Crippen LogP contribution in [0.5, 0.6) is 5.75 Å². The van der Waals surface area contributed by atoms with E-state index in [1.54, 1.807) is 12.1 Å². The summed E-state index contributed by atoms with van der Waals surface area (Å²) in [5.74, 6) is 0.319. The van der Waals surface area contributed by atoms with Crippen molar-refractivity contribution in [1.29, 1.82) is 0 Å². The lowest BCUT2D eigenvalue weighted by atomic mass is 9.88. The van der Waals surface area contributed by atoms with Gasteiger partial charge in [0.1, 0.15) is 11.4 Å². The molecule has 1 aromatic carbocycles. The van der Waals surface area contributed by atoms with Crippen molar-refractivity contribution in [3.63, 3.8) is 0 Å². The summed E-state index contributed by atoms with van der Waals surface area (Å²) in [6.45, 7) is 1.73. The first-order chi connectivity index (χ1) is 10.5. The molecule has 0 amide bonds. The highest BCUT2D eigenvalue weighted by atomic mass is 16.5. The number of hydrogen-bond acceptors (Lipinski definition) is 5. The quantitative estimate of drug-likeness (QED) is 0.617. The Bertz CT molecular complexity index is 652. The first kappa shape index (κ1) is 14.8. The molecule has 0 saturated carbocycles. The van der Waals surface area contributed by atoms with Gasteiger partial charge in [-0.25, -0.2) is 4.79 Å². The van der Waals surface area contributed by atoms with Gasteiger partial charge in [-0.1, -0.05) is 6.07 Å². The maximum atomic E-state index is 12.5. The molecule has 0 aliphatic carbocycles. The van der Waals surface area contributed by atoms with E-state index in [-0.39, 0.29) is 11.4 Å². The number of carbonyl (C=O) groups excluding carboxylic acids is 2. The highest BCUT2D eigenvalue weighted by Crippen LogP contribution is 2.38. The van der Waals surface area contributed by atoms with Crippen molar-refractivity contribution in [2.24, 2.45) is 0 Å². The fraction of sp³-hybridized carbons (Fsp3) is 0.412. The number of likely N-dealkylation sites (tertiary alicyclic amines) is 1. The highest BCUT2D eigenvalue weighted by Gasteiger charge is 2.44. The third-order valence-electron chi connectivity index (χ3n) is 4.23. The molecule has 22 heavy (non-hydrogen) atoms. The van der Waals surface area contributed by atoms with Crippen LogP contribution in [-0.2, 0) is 9.53 Å². The van der Waals surface area contributed by atoms with Gasteiger partial charge in [0.05, 0.1) is 19.1 Å². The number of carbonyl (C=O) groups is 2. The fourth-order valence-corrected chi connectivity index (χ4v) is 3.12. The molecule has 3 rings (SSSR count). The number of rotatable bonds is 2. The largest absolute Gasteiger partial charge is 0.485 e. The molecule has 0 bridgehead atoms. The third kappa shape index (κ3) is 2.76. The molecule has 5 nitrogen and oxygen atoms in total. The molecule has 1 unspecified atom stereocenters. The van der Waals surface area contributed by atoms with E-state index in [0.29, 0.717) is 17.7 Å². The average molecular weight is 301 g/mol. The molecule has 0 radical (unpaired) electrons. The van der Waals surface area contributed by atoms with Crippen molar-refractivity contribution >= 4 is 17.8 Å². The van der Waals surface area contributed by atoms with Crippen molar-refractivity contribution < 1.29 is 19.1 Å². The summed E-state index contributed by atoms with van der Waals surface area (Å²) < 4.78 is 10.7. The summed E-state index contributed by atoms with van der Waals surface area (Å²) in [5.41, 5.74) is 0.996. The molecule has 1 saturated heterocycles. The second-order valence-corrected chi connectivity index (χ2v) is 5.98. The molecule has 0 N–H and O–H groups in total. The van der Waals surface area contributed by atoms with E-state index in [0.717, 1.165) is 25.1 Å². The zero-order valence-electron chi connectivity index (χ0n) is 12.8. The second kappa shape index (κ2) is 5.57. The predicted molar refractivity (Wildman–Crippen MR) is 81.9 cm³/mol. The maximum Gasteiger partial charge on any atom is 0.330 e. The number of ketones is 1. The molecular weight excluding hydrogens is 282 g/mol. The van der Waals surface area contributed by atoms with Gasteiger partial charge in [-0.15, -0.1) is 0 Å². The number of hydrogen-bond donors (Lipinski definition) is 0. The summed E-state index contributed by atoms with van der Waals surface area (Å²) in [6.07, 6.45) is 4.25. The van der Waals surface area contributed by atoms with E-state index >= 15 is 0 Å². The van der Waals surface area contributed by atoms with Gasteiger partial charge in [-0.3, -0.25) is 4.79 Å². The summed E-state index contributed by atoms with van der Waals surface area (Å²) in [6, 6.07) is 5.41. The molecule has 2 aliphatic rings. The van der Waals surface area contributed by atoms with Gasteiger partial charge in [-0.05, 0) is 30.8 Å². The highest BCUT2D eigenvalue weighted by molar-refractivity contribution is 6.01. The average Bonchev–Trinajstić information content (AvgIpc) is 2.85. The molecule has 5 heteroatoms. The molecule has 1 aromatic rings. The summed E-state index contributed by atoms with van der Waals surface area (Å²) >= 11 is 0. The van der Waals surface area contributed by atoms with E-state index < -0.39 is 5.97 Å². The van der Waals surface area contributed by atoms with Gasteiger partial charge < -0.3 is 14.4 Å². The van der Waals surface area contributed by atoms with Crippen molar-refractivity contribution in [2.75, 3.05) is 27.2 Å². The molecule has 1 atom stereocenters. The number of likely N-dealkylation sites (N-methyl/N-ethyl adjacent to an activating group) is 1. The van der Waals surface area contributed by atoms with Crippen molar-refractivity contribution in [2.45, 2.75) is 18.4 Å². The number of methoxy groups -OCH3 is 1. The molecule has 1 fully saturated rings. The first-order valence-electron chi connectivity index (χ1n) is 7.32. The van der Waals surface area contributed by atoms with Crippen LogP contribution < -0.4 is 4.74 Å². The van der Waals surface area contributed by atoms with Gasteiger partial charge in [0.15, 0.2) is 5.78 Å². The lowest BCUT2D eigenvalue weighted by Gasteiger charge is -2.34. The number of ether oxygens (including phenoxy) is 2. The topological polar surface area (TPSA) is 55.8 Å². The Hall–Kier alpha value is -2.14. The van der Waals surface area contributed by atoms with Crippen LogP contribution in [-0.4, -0.2) is 49.5 Å². The van der Waals surface area contributed by atoms with E-state index in [9.17, 15) is 9.59 Å². The summed E-state index contributed by atoms with van der Waals surface area (Å²) in [5, 5.41) is 0. The normalized spacial score (nSPS) is 24.5. The first-order valence-corrected chi connectivity index (χ1v) is 7.32. The van der Waals surface area contributed by atoms with Crippen LogP contribution in [0.4, 0.5) is 0 Å². The minimum absolute atomic E-state index is 0.102. The Labute approximate surface area is 129 Å². The Morgan fingerprint density at radius 3 is 2.95 bits per heavy atom. The lowest BCUT2D eigenvalue weighted by Crippen LogP contribution is -2.44.